The number of nitrogens with zero attached hydrogens (tertiary/aromatic N) is 2. The van der Waals surface area contributed by atoms with Crippen molar-refractivity contribution in [1.82, 2.24) is 20.5 Å². The molecule has 4 unspecified atom stereocenters. The van der Waals surface area contributed by atoms with Crippen molar-refractivity contribution in [2.75, 3.05) is 26.2 Å². The standard InChI is InChI=1S/C19H30N4O/c1-14-5-3-7-17(15(14)2)22-19(24)13-23-10-9-21-12-18(23)16-6-4-8-20-11-16/h4,6,8,11,14-15,17-18,21H,3,5,7,9-10,12-13H2,1-2H3,(H,22,24). The Labute approximate surface area is 145 Å². The molecule has 1 saturated heterocycles. The maximum Gasteiger partial charge on any atom is 0.234 e. The topological polar surface area (TPSA) is 57.3 Å². The second-order valence-corrected chi connectivity index (χ2v) is 7.42. The SMILES string of the molecule is CC1CCCC(NC(=O)CN2CCNCC2c2cccnc2)C1C. The van der Waals surface area contributed by atoms with Gasteiger partial charge in [0.05, 0.1) is 6.54 Å². The summed E-state index contributed by atoms with van der Waals surface area (Å²) in [4.78, 5) is 19.1. The zero-order chi connectivity index (χ0) is 16.9. The third-order valence-corrected chi connectivity index (χ3v) is 5.82. The highest BCUT2D eigenvalue weighted by molar-refractivity contribution is 5.78. The summed E-state index contributed by atoms with van der Waals surface area (Å²) in [5, 5.41) is 6.73. The lowest BCUT2D eigenvalue weighted by Gasteiger charge is -2.38. The normalized spacial score (nSPS) is 31.6. The highest BCUT2D eigenvalue weighted by Gasteiger charge is 2.30. The van der Waals surface area contributed by atoms with Gasteiger partial charge in [-0.05, 0) is 29.9 Å². The first-order chi connectivity index (χ1) is 11.6. The molecule has 1 aliphatic heterocycles. The number of hydrogen-bond acceptors (Lipinski definition) is 4. The minimum absolute atomic E-state index is 0.164. The van der Waals surface area contributed by atoms with E-state index in [0.717, 1.165) is 26.1 Å². The first kappa shape index (κ1) is 17.4. The van der Waals surface area contributed by atoms with Crippen molar-refractivity contribution in [3.63, 3.8) is 0 Å². The van der Waals surface area contributed by atoms with Gasteiger partial charge in [0.15, 0.2) is 0 Å². The van der Waals surface area contributed by atoms with Crippen LogP contribution < -0.4 is 10.6 Å². The van der Waals surface area contributed by atoms with E-state index in [-0.39, 0.29) is 11.9 Å². The fourth-order valence-corrected chi connectivity index (χ4v) is 4.06. The van der Waals surface area contributed by atoms with Gasteiger partial charge in [0, 0.05) is 44.1 Å². The molecule has 132 valence electrons. The summed E-state index contributed by atoms with van der Waals surface area (Å²) < 4.78 is 0. The maximum absolute atomic E-state index is 12.6. The van der Waals surface area contributed by atoms with Crippen LogP contribution in [0.5, 0.6) is 0 Å². The van der Waals surface area contributed by atoms with Gasteiger partial charge in [0.2, 0.25) is 5.91 Å². The Morgan fingerprint density at radius 1 is 1.42 bits per heavy atom. The zero-order valence-electron chi connectivity index (χ0n) is 14.9. The number of rotatable bonds is 4. The van der Waals surface area contributed by atoms with Crippen LogP contribution in [0.3, 0.4) is 0 Å². The quantitative estimate of drug-likeness (QED) is 0.886. The maximum atomic E-state index is 12.6. The van der Waals surface area contributed by atoms with E-state index >= 15 is 0 Å². The average molecular weight is 330 g/mol. The van der Waals surface area contributed by atoms with Gasteiger partial charge in [-0.1, -0.05) is 32.8 Å². The molecule has 3 rings (SSSR count). The molecule has 0 bridgehead atoms. The van der Waals surface area contributed by atoms with E-state index in [1.165, 1.54) is 18.4 Å². The smallest absolute Gasteiger partial charge is 0.234 e. The Kier molecular flexibility index (Phi) is 5.85. The molecule has 0 spiro atoms. The molecule has 5 heteroatoms. The van der Waals surface area contributed by atoms with Crippen molar-refractivity contribution in [2.24, 2.45) is 11.8 Å². The molecular formula is C19H30N4O. The lowest BCUT2D eigenvalue weighted by atomic mass is 9.78. The summed E-state index contributed by atoms with van der Waals surface area (Å²) in [6.07, 6.45) is 7.33. The van der Waals surface area contributed by atoms with Crippen LogP contribution in [0, 0.1) is 11.8 Å². The Morgan fingerprint density at radius 2 is 2.29 bits per heavy atom. The van der Waals surface area contributed by atoms with E-state index in [0.29, 0.717) is 24.4 Å². The molecular weight excluding hydrogens is 300 g/mol. The minimum atomic E-state index is 0.164. The monoisotopic (exact) mass is 330 g/mol. The first-order valence-corrected chi connectivity index (χ1v) is 9.29. The number of carbonyl (C=O) groups excluding carboxylic acids is 1. The number of hydrogen-bond donors (Lipinski definition) is 2. The van der Waals surface area contributed by atoms with Crippen LogP contribution in [0.15, 0.2) is 24.5 Å². The number of amides is 1. The molecule has 2 aliphatic rings. The van der Waals surface area contributed by atoms with Crippen molar-refractivity contribution in [3.05, 3.63) is 30.1 Å². The second-order valence-electron chi connectivity index (χ2n) is 7.42. The van der Waals surface area contributed by atoms with Crippen LogP contribution in [-0.2, 0) is 4.79 Å². The van der Waals surface area contributed by atoms with E-state index < -0.39 is 0 Å². The molecule has 5 nitrogen and oxygen atoms in total. The fraction of sp³-hybridized carbons (Fsp3) is 0.684. The number of carbonyl (C=O) groups is 1. The van der Waals surface area contributed by atoms with E-state index in [2.05, 4.69) is 40.4 Å². The van der Waals surface area contributed by atoms with Crippen molar-refractivity contribution in [2.45, 2.75) is 45.2 Å². The fourth-order valence-electron chi connectivity index (χ4n) is 4.06. The molecule has 1 aliphatic carbocycles. The van der Waals surface area contributed by atoms with Gasteiger partial charge in [-0.25, -0.2) is 0 Å². The lowest BCUT2D eigenvalue weighted by molar-refractivity contribution is -0.124. The molecule has 4 atom stereocenters. The van der Waals surface area contributed by atoms with Gasteiger partial charge in [-0.15, -0.1) is 0 Å². The van der Waals surface area contributed by atoms with E-state index in [1.54, 1.807) is 6.20 Å². The summed E-state index contributed by atoms with van der Waals surface area (Å²) in [7, 11) is 0. The summed E-state index contributed by atoms with van der Waals surface area (Å²) in [6.45, 7) is 7.74. The lowest BCUT2D eigenvalue weighted by Crippen LogP contribution is -2.52. The molecule has 24 heavy (non-hydrogen) atoms. The number of pyridine rings is 1. The summed E-state index contributed by atoms with van der Waals surface area (Å²) in [5.41, 5.74) is 1.18. The van der Waals surface area contributed by atoms with Crippen LogP contribution in [0.2, 0.25) is 0 Å². The van der Waals surface area contributed by atoms with Crippen LogP contribution in [0.25, 0.3) is 0 Å². The van der Waals surface area contributed by atoms with Gasteiger partial charge in [0.25, 0.3) is 0 Å². The molecule has 0 aromatic carbocycles. The summed E-state index contributed by atoms with van der Waals surface area (Å²) in [6, 6.07) is 4.62. The Morgan fingerprint density at radius 3 is 3.08 bits per heavy atom. The molecule has 0 radical (unpaired) electrons. The molecule has 2 fully saturated rings. The molecule has 2 heterocycles. The van der Waals surface area contributed by atoms with Crippen LogP contribution in [0.4, 0.5) is 0 Å². The van der Waals surface area contributed by atoms with Gasteiger partial charge in [-0.3, -0.25) is 14.7 Å². The molecule has 1 saturated carbocycles. The molecule has 1 amide bonds. The number of piperazine rings is 1. The van der Waals surface area contributed by atoms with E-state index in [4.69, 9.17) is 0 Å². The predicted octanol–water partition coefficient (Wildman–Crippen LogP) is 1.97. The van der Waals surface area contributed by atoms with Gasteiger partial charge in [-0.2, -0.15) is 0 Å². The largest absolute Gasteiger partial charge is 0.352 e. The summed E-state index contributed by atoms with van der Waals surface area (Å²) in [5.74, 6) is 1.43. The van der Waals surface area contributed by atoms with E-state index in [1.807, 2.05) is 12.3 Å². The molecule has 1 aromatic heterocycles. The second kappa shape index (κ2) is 8.08. The van der Waals surface area contributed by atoms with Gasteiger partial charge in [0.1, 0.15) is 0 Å². The van der Waals surface area contributed by atoms with Gasteiger partial charge < -0.3 is 10.6 Å². The highest BCUT2D eigenvalue weighted by atomic mass is 16.2. The number of nitrogens with one attached hydrogen (secondary N) is 2. The van der Waals surface area contributed by atoms with Crippen molar-refractivity contribution in [3.8, 4) is 0 Å². The third-order valence-electron chi connectivity index (χ3n) is 5.82. The van der Waals surface area contributed by atoms with Crippen molar-refractivity contribution in [1.29, 1.82) is 0 Å². The first-order valence-electron chi connectivity index (χ1n) is 9.29. The Bertz CT molecular complexity index is 535. The van der Waals surface area contributed by atoms with Crippen molar-refractivity contribution < 1.29 is 4.79 Å². The predicted molar refractivity (Wildman–Crippen MR) is 95.5 cm³/mol. The average Bonchev–Trinajstić information content (AvgIpc) is 2.60. The highest BCUT2D eigenvalue weighted by Crippen LogP contribution is 2.29. The summed E-state index contributed by atoms with van der Waals surface area (Å²) >= 11 is 0. The Balaban J connectivity index is 1.59. The van der Waals surface area contributed by atoms with E-state index in [9.17, 15) is 4.79 Å². The van der Waals surface area contributed by atoms with Crippen molar-refractivity contribution >= 4 is 5.91 Å². The molecule has 1 aromatic rings. The zero-order valence-corrected chi connectivity index (χ0v) is 14.9. The van der Waals surface area contributed by atoms with Crippen LogP contribution in [0.1, 0.15) is 44.7 Å². The van der Waals surface area contributed by atoms with Crippen LogP contribution >= 0.6 is 0 Å². The molecule has 2 N–H and O–H groups in total. The third kappa shape index (κ3) is 4.14. The minimum Gasteiger partial charge on any atom is -0.352 e. The Hall–Kier alpha value is -1.46. The number of aromatic nitrogens is 1. The van der Waals surface area contributed by atoms with Gasteiger partial charge >= 0.3 is 0 Å². The van der Waals surface area contributed by atoms with Crippen LogP contribution in [-0.4, -0.2) is 48.0 Å².